The van der Waals surface area contributed by atoms with Gasteiger partial charge in [0, 0.05) is 36.8 Å². The lowest BCUT2D eigenvalue weighted by molar-refractivity contribution is -0.114. The fourth-order valence-corrected chi connectivity index (χ4v) is 3.70. The van der Waals surface area contributed by atoms with Gasteiger partial charge in [0.2, 0.25) is 17.6 Å². The quantitative estimate of drug-likeness (QED) is 0.676. The van der Waals surface area contributed by atoms with Gasteiger partial charge in [0.1, 0.15) is 5.75 Å². The lowest BCUT2D eigenvalue weighted by atomic mass is 9.97. The molecule has 8 nitrogen and oxygen atoms in total. The first-order valence-electron chi connectivity index (χ1n) is 10.2. The smallest absolute Gasteiger partial charge is 0.253 e. The molecule has 1 aliphatic heterocycles. The molecular weight excluding hydrogens is 396 g/mol. The van der Waals surface area contributed by atoms with Gasteiger partial charge >= 0.3 is 0 Å². The van der Waals surface area contributed by atoms with Crippen LogP contribution >= 0.6 is 0 Å². The Morgan fingerprint density at radius 3 is 2.55 bits per heavy atom. The van der Waals surface area contributed by atoms with E-state index < -0.39 is 0 Å². The molecule has 1 saturated heterocycles. The highest BCUT2D eigenvalue weighted by atomic mass is 16.5. The first kappa shape index (κ1) is 20.6. The summed E-state index contributed by atoms with van der Waals surface area (Å²) in [7, 11) is 1.60. The fourth-order valence-electron chi connectivity index (χ4n) is 3.70. The van der Waals surface area contributed by atoms with E-state index in [2.05, 4.69) is 15.5 Å². The summed E-state index contributed by atoms with van der Waals surface area (Å²) >= 11 is 0. The van der Waals surface area contributed by atoms with E-state index in [1.54, 1.807) is 43.5 Å². The van der Waals surface area contributed by atoms with Crippen molar-refractivity contribution in [1.82, 2.24) is 15.0 Å². The molecule has 2 heterocycles. The molecule has 1 unspecified atom stereocenters. The number of nitrogens with one attached hydrogen (secondary N) is 1. The number of hydrogen-bond donors (Lipinski definition) is 1. The van der Waals surface area contributed by atoms with Gasteiger partial charge in [-0.05, 0) is 61.4 Å². The van der Waals surface area contributed by atoms with Crippen molar-refractivity contribution in [3.8, 4) is 17.1 Å². The minimum atomic E-state index is -0.124. The number of anilines is 1. The number of carbonyl (C=O) groups excluding carboxylic acids is 2. The molecule has 2 aromatic carbocycles. The van der Waals surface area contributed by atoms with Crippen molar-refractivity contribution in [1.29, 1.82) is 0 Å². The summed E-state index contributed by atoms with van der Waals surface area (Å²) in [5.74, 6) is 1.60. The van der Waals surface area contributed by atoms with Crippen molar-refractivity contribution in [2.45, 2.75) is 25.7 Å². The lowest BCUT2D eigenvalue weighted by Gasteiger charge is -2.31. The van der Waals surface area contributed by atoms with Crippen LogP contribution in [0.1, 0.15) is 41.9 Å². The predicted molar refractivity (Wildman–Crippen MR) is 115 cm³/mol. The van der Waals surface area contributed by atoms with E-state index in [0.29, 0.717) is 36.1 Å². The number of amides is 2. The van der Waals surface area contributed by atoms with Gasteiger partial charge < -0.3 is 19.5 Å². The van der Waals surface area contributed by atoms with E-state index in [4.69, 9.17) is 9.26 Å². The number of piperidine rings is 1. The second-order valence-corrected chi connectivity index (χ2v) is 7.53. The van der Waals surface area contributed by atoms with E-state index in [0.717, 1.165) is 24.2 Å². The first-order chi connectivity index (χ1) is 15.0. The number of likely N-dealkylation sites (tertiary alicyclic amines) is 1. The zero-order chi connectivity index (χ0) is 21.8. The Morgan fingerprint density at radius 2 is 1.87 bits per heavy atom. The van der Waals surface area contributed by atoms with Gasteiger partial charge in [0.25, 0.3) is 5.91 Å². The lowest BCUT2D eigenvalue weighted by Crippen LogP contribution is -2.39. The highest BCUT2D eigenvalue weighted by Crippen LogP contribution is 2.29. The zero-order valence-corrected chi connectivity index (χ0v) is 17.5. The molecule has 3 aromatic rings. The molecule has 1 fully saturated rings. The molecule has 31 heavy (non-hydrogen) atoms. The van der Waals surface area contributed by atoms with Crippen molar-refractivity contribution in [2.24, 2.45) is 0 Å². The van der Waals surface area contributed by atoms with Gasteiger partial charge in [-0.25, -0.2) is 0 Å². The summed E-state index contributed by atoms with van der Waals surface area (Å²) in [5, 5.41) is 6.84. The topological polar surface area (TPSA) is 97.6 Å². The average Bonchev–Trinajstić information content (AvgIpc) is 3.29. The molecule has 0 radical (unpaired) electrons. The van der Waals surface area contributed by atoms with Crippen molar-refractivity contribution in [2.75, 3.05) is 25.5 Å². The molecule has 0 bridgehead atoms. The molecule has 1 aliphatic rings. The molecule has 1 aromatic heterocycles. The minimum absolute atomic E-state index is 0.00384. The first-order valence-corrected chi connectivity index (χ1v) is 10.2. The Balaban J connectivity index is 1.44. The van der Waals surface area contributed by atoms with Gasteiger partial charge in [-0.15, -0.1) is 0 Å². The zero-order valence-electron chi connectivity index (χ0n) is 17.5. The number of carbonyl (C=O) groups is 2. The number of nitrogens with zero attached hydrogens (tertiary/aromatic N) is 3. The highest BCUT2D eigenvalue weighted by Gasteiger charge is 2.29. The van der Waals surface area contributed by atoms with Crippen LogP contribution in [0.4, 0.5) is 5.69 Å². The van der Waals surface area contributed by atoms with Crippen LogP contribution in [-0.4, -0.2) is 47.1 Å². The summed E-state index contributed by atoms with van der Waals surface area (Å²) < 4.78 is 10.7. The van der Waals surface area contributed by atoms with Gasteiger partial charge in [-0.3, -0.25) is 9.59 Å². The van der Waals surface area contributed by atoms with Crippen LogP contribution in [0, 0.1) is 0 Å². The predicted octanol–water partition coefficient (Wildman–Crippen LogP) is 3.72. The largest absolute Gasteiger partial charge is 0.497 e. The number of hydrogen-bond acceptors (Lipinski definition) is 6. The molecule has 0 spiro atoms. The van der Waals surface area contributed by atoms with Crippen molar-refractivity contribution in [3.05, 3.63) is 60.0 Å². The second-order valence-electron chi connectivity index (χ2n) is 7.53. The number of rotatable bonds is 5. The normalized spacial score (nSPS) is 16.1. The van der Waals surface area contributed by atoms with Crippen LogP contribution in [-0.2, 0) is 4.79 Å². The SMILES string of the molecule is COc1ccc(C(=O)N2CCCC(c3nc(-c4ccc(NC(C)=O)cc4)no3)C2)cc1. The summed E-state index contributed by atoms with van der Waals surface area (Å²) in [5.41, 5.74) is 2.14. The Morgan fingerprint density at radius 1 is 1.13 bits per heavy atom. The summed E-state index contributed by atoms with van der Waals surface area (Å²) in [6.07, 6.45) is 1.76. The summed E-state index contributed by atoms with van der Waals surface area (Å²) in [6, 6.07) is 14.4. The standard InChI is InChI=1S/C23H24N4O4/c1-15(28)24-19-9-5-16(6-10-19)21-25-22(31-26-21)18-4-3-13-27(14-18)23(29)17-7-11-20(30-2)12-8-17/h5-12,18H,3-4,13-14H2,1-2H3,(H,24,28). The maximum Gasteiger partial charge on any atom is 0.253 e. The van der Waals surface area contributed by atoms with Crippen molar-refractivity contribution >= 4 is 17.5 Å². The van der Waals surface area contributed by atoms with Gasteiger partial charge in [0.05, 0.1) is 13.0 Å². The van der Waals surface area contributed by atoms with Crippen LogP contribution in [0.2, 0.25) is 0 Å². The van der Waals surface area contributed by atoms with E-state index in [9.17, 15) is 9.59 Å². The maximum atomic E-state index is 12.9. The van der Waals surface area contributed by atoms with Crippen LogP contribution < -0.4 is 10.1 Å². The van der Waals surface area contributed by atoms with Gasteiger partial charge in [-0.2, -0.15) is 4.98 Å². The second kappa shape index (κ2) is 8.99. The Bertz CT molecular complexity index is 1060. The minimum Gasteiger partial charge on any atom is -0.497 e. The Labute approximate surface area is 180 Å². The van der Waals surface area contributed by atoms with E-state index in [1.807, 2.05) is 17.0 Å². The summed E-state index contributed by atoms with van der Waals surface area (Å²) in [6.45, 7) is 2.70. The third-order valence-corrected chi connectivity index (χ3v) is 5.30. The van der Waals surface area contributed by atoms with Crippen molar-refractivity contribution in [3.63, 3.8) is 0 Å². The molecule has 8 heteroatoms. The molecular formula is C23H24N4O4. The molecule has 1 N–H and O–H groups in total. The molecule has 4 rings (SSSR count). The highest BCUT2D eigenvalue weighted by molar-refractivity contribution is 5.94. The van der Waals surface area contributed by atoms with Gasteiger partial charge in [0.15, 0.2) is 0 Å². The maximum absolute atomic E-state index is 12.9. The van der Waals surface area contributed by atoms with E-state index in [-0.39, 0.29) is 17.7 Å². The monoisotopic (exact) mass is 420 g/mol. The molecule has 0 aliphatic carbocycles. The number of aromatic nitrogens is 2. The van der Waals surface area contributed by atoms with Gasteiger partial charge in [-0.1, -0.05) is 5.16 Å². The molecule has 0 saturated carbocycles. The molecule has 1 atom stereocenters. The third kappa shape index (κ3) is 4.74. The summed E-state index contributed by atoms with van der Waals surface area (Å²) in [4.78, 5) is 30.5. The number of methoxy groups -OCH3 is 1. The average molecular weight is 420 g/mol. The van der Waals surface area contributed by atoms with Crippen LogP contribution in [0.25, 0.3) is 11.4 Å². The van der Waals surface area contributed by atoms with Crippen LogP contribution in [0.5, 0.6) is 5.75 Å². The fraction of sp³-hybridized carbons (Fsp3) is 0.304. The molecule has 160 valence electrons. The number of benzene rings is 2. The van der Waals surface area contributed by atoms with Crippen LogP contribution in [0.15, 0.2) is 53.1 Å². The number of ether oxygens (including phenoxy) is 1. The Kier molecular flexibility index (Phi) is 5.97. The third-order valence-electron chi connectivity index (χ3n) is 5.30. The van der Waals surface area contributed by atoms with E-state index >= 15 is 0 Å². The Hall–Kier alpha value is -3.68. The van der Waals surface area contributed by atoms with E-state index in [1.165, 1.54) is 6.92 Å². The van der Waals surface area contributed by atoms with Crippen LogP contribution in [0.3, 0.4) is 0 Å². The van der Waals surface area contributed by atoms with Crippen molar-refractivity contribution < 1.29 is 18.8 Å². The molecule has 2 amide bonds.